The molecular weight excluding hydrogens is 318 g/mol. The summed E-state index contributed by atoms with van der Waals surface area (Å²) in [6.07, 6.45) is 0. The van der Waals surface area contributed by atoms with Crippen molar-refractivity contribution in [2.75, 3.05) is 19.0 Å². The number of nitrogens with one attached hydrogen (secondary N) is 1. The highest BCUT2D eigenvalue weighted by atomic mass is 16.5. The SMILES string of the molecule is CCOc1cc(C)ccc1NC(=O)c1c(C)oc2ccc(OC)cc12. The molecule has 0 radical (unpaired) electrons. The summed E-state index contributed by atoms with van der Waals surface area (Å²) >= 11 is 0. The topological polar surface area (TPSA) is 60.7 Å². The van der Waals surface area contributed by atoms with Crippen LogP contribution in [0.4, 0.5) is 5.69 Å². The zero-order valence-electron chi connectivity index (χ0n) is 14.8. The zero-order valence-corrected chi connectivity index (χ0v) is 14.8. The van der Waals surface area contributed by atoms with Crippen LogP contribution in [-0.2, 0) is 0 Å². The molecule has 3 rings (SSSR count). The summed E-state index contributed by atoms with van der Waals surface area (Å²) in [5.74, 6) is 1.65. The molecule has 1 N–H and O–H groups in total. The van der Waals surface area contributed by atoms with Gasteiger partial charge in [0.25, 0.3) is 5.91 Å². The van der Waals surface area contributed by atoms with Crippen molar-refractivity contribution in [2.24, 2.45) is 0 Å². The number of fused-ring (bicyclic) bond motifs is 1. The van der Waals surface area contributed by atoms with E-state index in [0.717, 1.165) is 10.9 Å². The molecule has 0 aliphatic carbocycles. The second kappa shape index (κ2) is 6.89. The van der Waals surface area contributed by atoms with Crippen molar-refractivity contribution in [3.8, 4) is 11.5 Å². The number of carbonyl (C=O) groups is 1. The Morgan fingerprint density at radius 3 is 2.68 bits per heavy atom. The monoisotopic (exact) mass is 339 g/mol. The standard InChI is InChI=1S/C20H21NO4/c1-5-24-18-10-12(2)6-8-16(18)21-20(22)19-13(3)25-17-9-7-14(23-4)11-15(17)19/h6-11H,5H2,1-4H3,(H,21,22). The molecular formula is C20H21NO4. The molecule has 0 spiro atoms. The van der Waals surface area contributed by atoms with Gasteiger partial charge in [-0.05, 0) is 56.7 Å². The number of rotatable bonds is 5. The number of hydrogen-bond acceptors (Lipinski definition) is 4. The van der Waals surface area contributed by atoms with Gasteiger partial charge in [0.2, 0.25) is 0 Å². The highest BCUT2D eigenvalue weighted by Gasteiger charge is 2.20. The van der Waals surface area contributed by atoms with Crippen molar-refractivity contribution in [2.45, 2.75) is 20.8 Å². The molecule has 5 heteroatoms. The summed E-state index contributed by atoms with van der Waals surface area (Å²) in [4.78, 5) is 12.9. The molecule has 0 aliphatic rings. The number of carbonyl (C=O) groups excluding carboxylic acids is 1. The molecule has 0 saturated heterocycles. The molecule has 1 aromatic heterocycles. The van der Waals surface area contributed by atoms with Crippen molar-refractivity contribution in [1.82, 2.24) is 0 Å². The molecule has 5 nitrogen and oxygen atoms in total. The molecule has 1 heterocycles. The van der Waals surface area contributed by atoms with Crippen molar-refractivity contribution in [3.05, 3.63) is 53.3 Å². The molecule has 2 aromatic carbocycles. The summed E-state index contributed by atoms with van der Waals surface area (Å²) < 4.78 is 16.6. The van der Waals surface area contributed by atoms with Crippen LogP contribution in [0.1, 0.15) is 28.6 Å². The zero-order chi connectivity index (χ0) is 18.0. The summed E-state index contributed by atoms with van der Waals surface area (Å²) in [6.45, 7) is 6.19. The largest absolute Gasteiger partial charge is 0.497 e. The number of furan rings is 1. The van der Waals surface area contributed by atoms with Crippen LogP contribution in [0, 0.1) is 13.8 Å². The van der Waals surface area contributed by atoms with Gasteiger partial charge in [-0.15, -0.1) is 0 Å². The molecule has 0 saturated carbocycles. The van der Waals surface area contributed by atoms with Crippen molar-refractivity contribution in [1.29, 1.82) is 0 Å². The lowest BCUT2D eigenvalue weighted by molar-refractivity contribution is 0.102. The van der Waals surface area contributed by atoms with E-state index in [2.05, 4.69) is 5.32 Å². The Morgan fingerprint density at radius 2 is 1.96 bits per heavy atom. The fraction of sp³-hybridized carbons (Fsp3) is 0.250. The van der Waals surface area contributed by atoms with Crippen molar-refractivity contribution in [3.63, 3.8) is 0 Å². The van der Waals surface area contributed by atoms with Gasteiger partial charge in [0.05, 0.1) is 25.0 Å². The van der Waals surface area contributed by atoms with Gasteiger partial charge in [-0.3, -0.25) is 4.79 Å². The number of hydrogen-bond donors (Lipinski definition) is 1. The van der Waals surface area contributed by atoms with Crippen molar-refractivity contribution < 1.29 is 18.7 Å². The van der Waals surface area contributed by atoms with Gasteiger partial charge in [-0.1, -0.05) is 6.07 Å². The van der Waals surface area contributed by atoms with E-state index in [0.29, 0.717) is 40.7 Å². The second-order valence-corrected chi connectivity index (χ2v) is 5.78. The van der Waals surface area contributed by atoms with Crippen LogP contribution >= 0.6 is 0 Å². The highest BCUT2D eigenvalue weighted by molar-refractivity contribution is 6.13. The first-order valence-electron chi connectivity index (χ1n) is 8.15. The number of aryl methyl sites for hydroxylation is 2. The Kier molecular flexibility index (Phi) is 4.65. The Morgan fingerprint density at radius 1 is 1.16 bits per heavy atom. The van der Waals surface area contributed by atoms with Gasteiger partial charge in [-0.2, -0.15) is 0 Å². The number of amides is 1. The van der Waals surface area contributed by atoms with E-state index in [1.807, 2.05) is 32.0 Å². The van der Waals surface area contributed by atoms with E-state index in [-0.39, 0.29) is 5.91 Å². The molecule has 0 atom stereocenters. The Bertz CT molecular complexity index is 927. The Hall–Kier alpha value is -2.95. The van der Waals surface area contributed by atoms with Crippen LogP contribution < -0.4 is 14.8 Å². The van der Waals surface area contributed by atoms with Crippen LogP contribution in [0.15, 0.2) is 40.8 Å². The molecule has 0 fully saturated rings. The lowest BCUT2D eigenvalue weighted by Crippen LogP contribution is -2.13. The van der Waals surface area contributed by atoms with Gasteiger partial charge in [0, 0.05) is 5.39 Å². The minimum absolute atomic E-state index is 0.241. The molecule has 1 amide bonds. The fourth-order valence-corrected chi connectivity index (χ4v) is 2.80. The lowest BCUT2D eigenvalue weighted by atomic mass is 10.1. The summed E-state index contributed by atoms with van der Waals surface area (Å²) in [5, 5.41) is 3.65. The van der Waals surface area contributed by atoms with Gasteiger partial charge >= 0.3 is 0 Å². The van der Waals surface area contributed by atoms with E-state index >= 15 is 0 Å². The van der Waals surface area contributed by atoms with Crippen molar-refractivity contribution >= 4 is 22.6 Å². The number of ether oxygens (including phenoxy) is 2. The molecule has 3 aromatic rings. The third-order valence-corrected chi connectivity index (χ3v) is 3.98. The minimum Gasteiger partial charge on any atom is -0.497 e. The molecule has 130 valence electrons. The average Bonchev–Trinajstić information content (AvgIpc) is 2.92. The molecule has 0 aliphatic heterocycles. The quantitative estimate of drug-likeness (QED) is 0.731. The highest BCUT2D eigenvalue weighted by Crippen LogP contribution is 2.31. The average molecular weight is 339 g/mol. The third-order valence-electron chi connectivity index (χ3n) is 3.98. The lowest BCUT2D eigenvalue weighted by Gasteiger charge is -2.12. The van der Waals surface area contributed by atoms with E-state index in [9.17, 15) is 4.79 Å². The van der Waals surface area contributed by atoms with E-state index < -0.39 is 0 Å². The predicted octanol–water partition coefficient (Wildman–Crippen LogP) is 4.71. The Labute approximate surface area is 146 Å². The first-order chi connectivity index (χ1) is 12.0. The van der Waals surface area contributed by atoms with Crippen LogP contribution in [0.3, 0.4) is 0 Å². The molecule has 0 bridgehead atoms. The van der Waals surface area contributed by atoms with E-state index in [1.165, 1.54) is 0 Å². The predicted molar refractivity (Wildman–Crippen MR) is 97.8 cm³/mol. The van der Waals surface area contributed by atoms with Gasteiger partial charge in [0.1, 0.15) is 22.8 Å². The summed E-state index contributed by atoms with van der Waals surface area (Å²) in [6, 6.07) is 11.1. The van der Waals surface area contributed by atoms with E-state index in [1.54, 1.807) is 32.2 Å². The molecule has 25 heavy (non-hydrogen) atoms. The van der Waals surface area contributed by atoms with Gasteiger partial charge in [0.15, 0.2) is 0 Å². The minimum atomic E-state index is -0.241. The van der Waals surface area contributed by atoms with Crippen LogP contribution in [0.2, 0.25) is 0 Å². The maximum Gasteiger partial charge on any atom is 0.259 e. The number of benzene rings is 2. The maximum atomic E-state index is 12.9. The number of anilines is 1. The van der Waals surface area contributed by atoms with E-state index in [4.69, 9.17) is 13.9 Å². The summed E-state index contributed by atoms with van der Waals surface area (Å²) in [5.41, 5.74) is 2.85. The fourth-order valence-electron chi connectivity index (χ4n) is 2.80. The van der Waals surface area contributed by atoms with Crippen LogP contribution in [-0.4, -0.2) is 19.6 Å². The molecule has 0 unspecified atom stereocenters. The normalized spacial score (nSPS) is 10.7. The second-order valence-electron chi connectivity index (χ2n) is 5.78. The van der Waals surface area contributed by atoms with Crippen LogP contribution in [0.25, 0.3) is 11.0 Å². The first-order valence-corrected chi connectivity index (χ1v) is 8.15. The Balaban J connectivity index is 1.99. The number of methoxy groups -OCH3 is 1. The summed E-state index contributed by atoms with van der Waals surface area (Å²) in [7, 11) is 1.59. The van der Waals surface area contributed by atoms with Crippen LogP contribution in [0.5, 0.6) is 11.5 Å². The maximum absolute atomic E-state index is 12.9. The van der Waals surface area contributed by atoms with Gasteiger partial charge in [-0.25, -0.2) is 0 Å². The third kappa shape index (κ3) is 3.31. The smallest absolute Gasteiger partial charge is 0.259 e. The first kappa shape index (κ1) is 16.9. The van der Waals surface area contributed by atoms with Gasteiger partial charge < -0.3 is 19.2 Å².